The van der Waals surface area contributed by atoms with Crippen LogP contribution in [0.2, 0.25) is 0 Å². The van der Waals surface area contributed by atoms with Crippen LogP contribution in [0.1, 0.15) is 55.2 Å². The van der Waals surface area contributed by atoms with Gasteiger partial charge in [-0.15, -0.1) is 0 Å². The summed E-state index contributed by atoms with van der Waals surface area (Å²) in [6.07, 6.45) is 3.38. The number of hydrogen-bond acceptors (Lipinski definition) is 6. The number of amides is 1. The van der Waals surface area contributed by atoms with Gasteiger partial charge in [-0.3, -0.25) is 4.79 Å². The number of nitrogens with zero attached hydrogens (tertiary/aromatic N) is 3. The van der Waals surface area contributed by atoms with E-state index in [-0.39, 0.29) is 29.8 Å². The molecule has 0 aliphatic carbocycles. The number of aromatic nitrogens is 2. The lowest BCUT2D eigenvalue weighted by Gasteiger charge is -2.32. The Balaban J connectivity index is 1.60. The van der Waals surface area contributed by atoms with Crippen molar-refractivity contribution >= 4 is 5.91 Å². The van der Waals surface area contributed by atoms with Gasteiger partial charge in [0.15, 0.2) is 0 Å². The Kier molecular flexibility index (Phi) is 4.21. The monoisotopic (exact) mass is 294 g/mol. The lowest BCUT2D eigenvalue weighted by molar-refractivity contribution is 0.0510. The summed E-state index contributed by atoms with van der Waals surface area (Å²) in [5, 5.41) is 16.7. The molecule has 0 saturated carbocycles. The molecule has 0 bridgehead atoms. The standard InChI is InChI=1S/C14H22N4O3/c1-9(19)10-4-7-18(8-5-10)14(20)12-16-13(21-17-12)11-3-2-6-15-11/h9-11,15,19H,2-8H2,1H3. The number of aliphatic hydroxyl groups excluding tert-OH is 1. The van der Waals surface area contributed by atoms with Crippen molar-refractivity contribution in [2.24, 2.45) is 5.92 Å². The van der Waals surface area contributed by atoms with Crippen molar-refractivity contribution in [1.29, 1.82) is 0 Å². The highest BCUT2D eigenvalue weighted by atomic mass is 16.5. The summed E-state index contributed by atoms with van der Waals surface area (Å²) in [6, 6.07) is 0.0834. The van der Waals surface area contributed by atoms with Crippen molar-refractivity contribution in [2.45, 2.75) is 44.8 Å². The second-order valence-electron chi connectivity index (χ2n) is 5.98. The average molecular weight is 294 g/mol. The van der Waals surface area contributed by atoms with E-state index >= 15 is 0 Å². The molecule has 0 radical (unpaired) electrons. The fourth-order valence-electron chi connectivity index (χ4n) is 3.09. The van der Waals surface area contributed by atoms with Crippen LogP contribution in [-0.2, 0) is 0 Å². The molecule has 0 spiro atoms. The third kappa shape index (κ3) is 3.08. The first-order valence-electron chi connectivity index (χ1n) is 7.69. The Bertz CT molecular complexity index is 488. The molecular formula is C14H22N4O3. The second-order valence-corrected chi connectivity index (χ2v) is 5.98. The molecule has 2 N–H and O–H groups in total. The van der Waals surface area contributed by atoms with Gasteiger partial charge < -0.3 is 19.8 Å². The summed E-state index contributed by atoms with van der Waals surface area (Å²) in [5.41, 5.74) is 0. The van der Waals surface area contributed by atoms with Gasteiger partial charge >= 0.3 is 0 Å². The van der Waals surface area contributed by atoms with Crippen LogP contribution >= 0.6 is 0 Å². The topological polar surface area (TPSA) is 91.5 Å². The van der Waals surface area contributed by atoms with Crippen LogP contribution in [0.4, 0.5) is 0 Å². The number of piperidine rings is 1. The van der Waals surface area contributed by atoms with Crippen molar-refractivity contribution in [3.63, 3.8) is 0 Å². The maximum atomic E-state index is 12.4. The van der Waals surface area contributed by atoms with Crippen LogP contribution in [0.15, 0.2) is 4.52 Å². The first kappa shape index (κ1) is 14.5. The van der Waals surface area contributed by atoms with E-state index in [2.05, 4.69) is 15.5 Å². The van der Waals surface area contributed by atoms with Crippen molar-refractivity contribution < 1.29 is 14.4 Å². The molecule has 2 aliphatic heterocycles. The quantitative estimate of drug-likeness (QED) is 0.854. The van der Waals surface area contributed by atoms with Crippen molar-refractivity contribution in [3.05, 3.63) is 11.7 Å². The molecular weight excluding hydrogens is 272 g/mol. The van der Waals surface area contributed by atoms with Gasteiger partial charge in [-0.05, 0) is 45.1 Å². The van der Waals surface area contributed by atoms with Crippen LogP contribution in [0.3, 0.4) is 0 Å². The molecule has 7 heteroatoms. The minimum Gasteiger partial charge on any atom is -0.393 e. The van der Waals surface area contributed by atoms with E-state index in [1.54, 1.807) is 4.90 Å². The van der Waals surface area contributed by atoms with Gasteiger partial charge in [0, 0.05) is 13.1 Å². The van der Waals surface area contributed by atoms with Gasteiger partial charge in [0.25, 0.3) is 11.7 Å². The predicted octanol–water partition coefficient (Wildman–Crippen LogP) is 0.727. The summed E-state index contributed by atoms with van der Waals surface area (Å²) < 4.78 is 5.21. The van der Waals surface area contributed by atoms with E-state index in [9.17, 15) is 9.90 Å². The summed E-state index contributed by atoms with van der Waals surface area (Å²) in [6.45, 7) is 4.03. The van der Waals surface area contributed by atoms with E-state index in [4.69, 9.17) is 4.52 Å². The number of rotatable bonds is 3. The first-order valence-corrected chi connectivity index (χ1v) is 7.69. The summed E-state index contributed by atoms with van der Waals surface area (Å²) in [7, 11) is 0. The minimum absolute atomic E-state index is 0.0834. The number of hydrogen-bond donors (Lipinski definition) is 2. The number of carbonyl (C=O) groups is 1. The zero-order valence-electron chi connectivity index (χ0n) is 12.3. The minimum atomic E-state index is -0.313. The SMILES string of the molecule is CC(O)C1CCN(C(=O)c2noc(C3CCCN3)n2)CC1. The Morgan fingerprint density at radius 2 is 2.19 bits per heavy atom. The van der Waals surface area contributed by atoms with Crippen molar-refractivity contribution in [1.82, 2.24) is 20.4 Å². The van der Waals surface area contributed by atoms with Gasteiger partial charge in [0.05, 0.1) is 12.1 Å². The van der Waals surface area contributed by atoms with Gasteiger partial charge in [-0.25, -0.2) is 0 Å². The molecule has 2 saturated heterocycles. The van der Waals surface area contributed by atoms with Crippen molar-refractivity contribution in [2.75, 3.05) is 19.6 Å². The van der Waals surface area contributed by atoms with E-state index in [0.717, 1.165) is 32.2 Å². The maximum absolute atomic E-state index is 12.4. The van der Waals surface area contributed by atoms with Gasteiger partial charge in [-0.2, -0.15) is 4.98 Å². The molecule has 1 aromatic heterocycles. The lowest BCUT2D eigenvalue weighted by atomic mass is 9.92. The molecule has 7 nitrogen and oxygen atoms in total. The molecule has 1 amide bonds. The molecule has 3 rings (SSSR count). The number of likely N-dealkylation sites (tertiary alicyclic amines) is 1. The number of carbonyl (C=O) groups excluding carboxylic acids is 1. The maximum Gasteiger partial charge on any atom is 0.295 e. The van der Waals surface area contributed by atoms with E-state index in [1.807, 2.05) is 6.92 Å². The highest BCUT2D eigenvalue weighted by Gasteiger charge is 2.30. The van der Waals surface area contributed by atoms with Crippen LogP contribution in [0.25, 0.3) is 0 Å². The molecule has 0 aromatic carbocycles. The zero-order valence-corrected chi connectivity index (χ0v) is 12.3. The molecule has 2 unspecified atom stereocenters. The molecule has 2 atom stereocenters. The van der Waals surface area contributed by atoms with Gasteiger partial charge in [0.2, 0.25) is 5.89 Å². The first-order chi connectivity index (χ1) is 10.1. The molecule has 21 heavy (non-hydrogen) atoms. The molecule has 116 valence electrons. The number of nitrogens with one attached hydrogen (secondary N) is 1. The Morgan fingerprint density at radius 1 is 1.43 bits per heavy atom. The lowest BCUT2D eigenvalue weighted by Crippen LogP contribution is -2.41. The Morgan fingerprint density at radius 3 is 2.81 bits per heavy atom. The van der Waals surface area contributed by atoms with Crippen molar-refractivity contribution in [3.8, 4) is 0 Å². The largest absolute Gasteiger partial charge is 0.393 e. The summed E-state index contributed by atoms with van der Waals surface area (Å²) >= 11 is 0. The molecule has 1 aromatic rings. The third-order valence-corrected chi connectivity index (χ3v) is 4.50. The fraction of sp³-hybridized carbons (Fsp3) is 0.786. The Labute approximate surface area is 123 Å². The normalized spacial score (nSPS) is 25.2. The van der Waals surface area contributed by atoms with Gasteiger partial charge in [-0.1, -0.05) is 5.16 Å². The second kappa shape index (κ2) is 6.11. The average Bonchev–Trinajstić information content (AvgIpc) is 3.17. The van der Waals surface area contributed by atoms with Crippen LogP contribution in [-0.4, -0.2) is 51.8 Å². The fourth-order valence-corrected chi connectivity index (χ4v) is 3.09. The molecule has 2 fully saturated rings. The van der Waals surface area contributed by atoms with Crippen LogP contribution in [0.5, 0.6) is 0 Å². The summed E-state index contributed by atoms with van der Waals surface area (Å²) in [4.78, 5) is 18.3. The smallest absolute Gasteiger partial charge is 0.295 e. The molecule has 2 aliphatic rings. The van der Waals surface area contributed by atoms with E-state index in [1.165, 1.54) is 0 Å². The number of aliphatic hydroxyl groups is 1. The van der Waals surface area contributed by atoms with Crippen LogP contribution in [0, 0.1) is 5.92 Å². The highest BCUT2D eigenvalue weighted by molar-refractivity contribution is 5.90. The third-order valence-electron chi connectivity index (χ3n) is 4.50. The predicted molar refractivity (Wildman–Crippen MR) is 74.6 cm³/mol. The van der Waals surface area contributed by atoms with Crippen LogP contribution < -0.4 is 5.32 Å². The Hall–Kier alpha value is -1.47. The zero-order chi connectivity index (χ0) is 14.8. The summed E-state index contributed by atoms with van der Waals surface area (Å²) in [5.74, 6) is 0.758. The molecule has 3 heterocycles. The van der Waals surface area contributed by atoms with Gasteiger partial charge in [0.1, 0.15) is 0 Å². The van der Waals surface area contributed by atoms with E-state index in [0.29, 0.717) is 19.0 Å². The van der Waals surface area contributed by atoms with E-state index < -0.39 is 0 Å². The highest BCUT2D eigenvalue weighted by Crippen LogP contribution is 2.23.